The van der Waals surface area contributed by atoms with Crippen LogP contribution < -0.4 is 23.7 Å². The zero-order chi connectivity index (χ0) is 49.3. The number of carboxylic acids is 2. The third-order valence-electron chi connectivity index (χ3n) is 15.9. The molecular formula is C57H78N2O10+2. The van der Waals surface area contributed by atoms with Crippen LogP contribution in [0.4, 0.5) is 0 Å². The lowest BCUT2D eigenvalue weighted by Crippen LogP contribution is -2.61. The van der Waals surface area contributed by atoms with Crippen LogP contribution in [0.15, 0.2) is 60.7 Å². The average Bonchev–Trinajstić information content (AvgIpc) is 3.33. The summed E-state index contributed by atoms with van der Waals surface area (Å²) in [4.78, 5) is 27.2. The van der Waals surface area contributed by atoms with Crippen LogP contribution in [0.1, 0.15) is 149 Å². The molecule has 6 atom stereocenters. The van der Waals surface area contributed by atoms with Crippen molar-refractivity contribution < 1.29 is 57.6 Å². The lowest BCUT2D eigenvalue weighted by molar-refractivity contribution is -0.956. The Morgan fingerprint density at radius 2 is 1.12 bits per heavy atom. The number of nitrogens with zero attached hydrogens (tertiary/aromatic N) is 2. The number of unbranched alkanes of at least 4 members (excludes halogenated alkanes) is 10. The van der Waals surface area contributed by atoms with Crippen LogP contribution in [-0.2, 0) is 35.3 Å². The molecule has 4 heterocycles. The fourth-order valence-corrected chi connectivity index (χ4v) is 11.8. The first-order valence-corrected chi connectivity index (χ1v) is 25.7. The quantitative estimate of drug-likeness (QED) is 0.0546. The third kappa shape index (κ3) is 11.1. The number of carboxylic acid groups (broad SMARTS) is 2. The monoisotopic (exact) mass is 951 g/mol. The molecule has 0 radical (unpaired) electrons. The highest BCUT2D eigenvalue weighted by atomic mass is 16.5. The molecule has 12 nitrogen and oxygen atoms in total. The summed E-state index contributed by atoms with van der Waals surface area (Å²) in [6.07, 6.45) is 15.8. The molecule has 69 heavy (non-hydrogen) atoms. The first-order valence-electron chi connectivity index (χ1n) is 25.7. The van der Waals surface area contributed by atoms with Gasteiger partial charge in [-0.3, -0.25) is 0 Å². The Morgan fingerprint density at radius 1 is 0.609 bits per heavy atom. The van der Waals surface area contributed by atoms with Gasteiger partial charge in [0, 0.05) is 44.1 Å². The number of fused-ring (bicyclic) bond motifs is 2. The number of carbonyl (C=O) groups is 2. The molecule has 0 aliphatic carbocycles. The Kier molecular flexibility index (Phi) is 17.1. The zero-order valence-electron chi connectivity index (χ0n) is 42.3. The highest BCUT2D eigenvalue weighted by Crippen LogP contribution is 2.54. The van der Waals surface area contributed by atoms with Crippen molar-refractivity contribution >= 4 is 11.9 Å². The predicted octanol–water partition coefficient (Wildman–Crippen LogP) is 12.3. The maximum absolute atomic E-state index is 13.7. The second-order valence-corrected chi connectivity index (χ2v) is 20.3. The van der Waals surface area contributed by atoms with E-state index >= 15 is 0 Å². The summed E-state index contributed by atoms with van der Waals surface area (Å²) in [5, 5.41) is 34.6. The van der Waals surface area contributed by atoms with Crippen molar-refractivity contribution in [1.29, 1.82) is 0 Å². The number of methoxy groups -OCH3 is 3. The fraction of sp³-hybridized carbons (Fsp3) is 0.544. The second kappa shape index (κ2) is 23.0. The number of benzene rings is 4. The molecule has 4 aromatic carbocycles. The summed E-state index contributed by atoms with van der Waals surface area (Å²) in [5.41, 5.74) is 5.57. The number of hydrogen-bond acceptors (Lipinski definition) is 8. The normalized spacial score (nSPS) is 21.4. The number of rotatable bonds is 21. The number of aromatic hydroxyl groups is 1. The van der Waals surface area contributed by atoms with E-state index in [2.05, 4.69) is 40.1 Å². The third-order valence-corrected chi connectivity index (χ3v) is 15.9. The van der Waals surface area contributed by atoms with Crippen molar-refractivity contribution in [2.45, 2.75) is 154 Å². The number of phenolic OH excluding ortho intramolecular Hbond substituents is 1. The van der Waals surface area contributed by atoms with Crippen molar-refractivity contribution in [3.63, 3.8) is 0 Å². The molecular weight excluding hydrogens is 873 g/mol. The first-order chi connectivity index (χ1) is 33.3. The second-order valence-electron chi connectivity index (χ2n) is 20.3. The van der Waals surface area contributed by atoms with Gasteiger partial charge in [-0.1, -0.05) is 96.3 Å². The molecule has 0 saturated heterocycles. The lowest BCUT2D eigenvalue weighted by Gasteiger charge is -2.49. The van der Waals surface area contributed by atoms with Crippen LogP contribution in [0.2, 0.25) is 0 Å². The van der Waals surface area contributed by atoms with Gasteiger partial charge in [0.2, 0.25) is 5.75 Å². The van der Waals surface area contributed by atoms with Gasteiger partial charge in [-0.2, -0.15) is 0 Å². The van der Waals surface area contributed by atoms with Gasteiger partial charge >= 0.3 is 11.9 Å². The van der Waals surface area contributed by atoms with Crippen LogP contribution in [-0.4, -0.2) is 96.8 Å². The Balaban J connectivity index is 1.43. The van der Waals surface area contributed by atoms with Crippen molar-refractivity contribution in [3.8, 4) is 46.0 Å². The molecule has 0 amide bonds. The van der Waals surface area contributed by atoms with Gasteiger partial charge in [0.1, 0.15) is 17.8 Å². The molecule has 4 aliphatic heterocycles. The minimum Gasteiger partial charge on any atom is -0.502 e. The molecule has 8 rings (SSSR count). The minimum absolute atomic E-state index is 0.178. The van der Waals surface area contributed by atoms with E-state index in [4.69, 9.17) is 23.7 Å². The van der Waals surface area contributed by atoms with Gasteiger partial charge in [-0.25, -0.2) is 9.59 Å². The molecule has 0 fully saturated rings. The van der Waals surface area contributed by atoms with Crippen LogP contribution in [0.25, 0.3) is 0 Å². The van der Waals surface area contributed by atoms with Gasteiger partial charge in [0.05, 0.1) is 54.1 Å². The average molecular weight is 951 g/mol. The molecule has 0 spiro atoms. The van der Waals surface area contributed by atoms with E-state index in [1.807, 2.05) is 48.5 Å². The largest absolute Gasteiger partial charge is 0.502 e. The van der Waals surface area contributed by atoms with E-state index in [9.17, 15) is 24.9 Å². The maximum atomic E-state index is 13.7. The number of hydrogen-bond donors (Lipinski definition) is 3. The lowest BCUT2D eigenvalue weighted by atomic mass is 9.83. The minimum atomic E-state index is -0.851. The van der Waals surface area contributed by atoms with Gasteiger partial charge in [0.15, 0.2) is 46.6 Å². The van der Waals surface area contributed by atoms with Gasteiger partial charge in [-0.05, 0) is 77.6 Å². The number of phenols is 1. The maximum Gasteiger partial charge on any atom is 0.362 e. The first kappa shape index (κ1) is 51.4. The SMILES string of the molecule is CCCCCCCCC(C(=O)O)[N+]1(C)CCc2cc(OC)c3cc2C1Cc1ccc(cc1)Oc1cc(ccc1OC)CC1c2c(cc(OC)c(O)c2O3)CC[N+]1(C)C(CCCCCCCC)C(=O)O. The summed E-state index contributed by atoms with van der Waals surface area (Å²) >= 11 is 0. The molecule has 3 N–H and O–H groups in total. The van der Waals surface area contributed by atoms with E-state index in [0.29, 0.717) is 90.4 Å². The number of ether oxygens (including phenoxy) is 5. The van der Waals surface area contributed by atoms with E-state index in [1.165, 1.54) is 20.0 Å². The summed E-state index contributed by atoms with van der Waals surface area (Å²) < 4.78 is 32.1. The number of quaternary nitrogens is 2. The van der Waals surface area contributed by atoms with Crippen molar-refractivity contribution in [3.05, 3.63) is 94.0 Å². The molecule has 12 heteroatoms. The molecule has 4 aromatic rings. The van der Waals surface area contributed by atoms with Crippen LogP contribution >= 0.6 is 0 Å². The van der Waals surface area contributed by atoms with Crippen molar-refractivity contribution in [1.82, 2.24) is 0 Å². The summed E-state index contributed by atoms with van der Waals surface area (Å²) in [6, 6.07) is 17.6. The van der Waals surface area contributed by atoms with Gasteiger partial charge < -0.3 is 48.0 Å². The number of likely N-dealkylation sites (N-methyl/N-ethyl adjacent to an activating group) is 2. The molecule has 374 valence electrons. The topological polar surface area (TPSA) is 141 Å². The van der Waals surface area contributed by atoms with E-state index in [1.54, 1.807) is 14.2 Å². The van der Waals surface area contributed by atoms with E-state index < -0.39 is 30.1 Å². The van der Waals surface area contributed by atoms with E-state index in [0.717, 1.165) is 92.0 Å². The smallest absolute Gasteiger partial charge is 0.362 e. The zero-order valence-corrected chi connectivity index (χ0v) is 42.3. The standard InChI is InChI=1S/C57H76N2O10/c1-8-10-12-14-16-18-20-44(56(61)62)58(3)30-28-40-35-49(66-6)51-37-43(40)46(58)32-38-22-25-42(26-23-38)68-50-34-39(24-27-48(50)65-5)33-47-53-41(36-52(67-7)54(60)55(53)69-51)29-31-59(47,4)45(57(63)64)21-19-17-15-13-11-9-2/h22-27,34-37,44-47H,8-21,28-33H2,1-7H3,(H-2,60,61,62,63,64)/p+2. The van der Waals surface area contributed by atoms with Crippen LogP contribution in [0.5, 0.6) is 46.0 Å². The van der Waals surface area contributed by atoms with Crippen LogP contribution in [0.3, 0.4) is 0 Å². The van der Waals surface area contributed by atoms with E-state index in [-0.39, 0.29) is 27.8 Å². The fourth-order valence-electron chi connectivity index (χ4n) is 11.8. The molecule has 6 bridgehead atoms. The molecule has 0 aromatic heterocycles. The summed E-state index contributed by atoms with van der Waals surface area (Å²) in [6.45, 7) is 5.55. The number of aliphatic carboxylic acids is 2. The van der Waals surface area contributed by atoms with Gasteiger partial charge in [-0.15, -0.1) is 0 Å². The van der Waals surface area contributed by atoms with Crippen molar-refractivity contribution in [2.24, 2.45) is 0 Å². The Morgan fingerprint density at radius 3 is 1.70 bits per heavy atom. The Hall–Kier alpha value is -5.46. The highest BCUT2D eigenvalue weighted by molar-refractivity contribution is 5.73. The van der Waals surface area contributed by atoms with Crippen LogP contribution in [0, 0.1) is 0 Å². The molecule has 4 aliphatic rings. The van der Waals surface area contributed by atoms with Gasteiger partial charge in [0.25, 0.3) is 0 Å². The molecule has 0 saturated carbocycles. The Labute approximate surface area is 410 Å². The summed E-state index contributed by atoms with van der Waals surface area (Å²) in [7, 11) is 8.90. The Bertz CT molecular complexity index is 2400. The molecule has 6 unspecified atom stereocenters. The van der Waals surface area contributed by atoms with Crippen molar-refractivity contribution in [2.75, 3.05) is 48.5 Å². The summed E-state index contributed by atoms with van der Waals surface area (Å²) in [5.74, 6) is 1.16. The highest BCUT2D eigenvalue weighted by Gasteiger charge is 2.51. The predicted molar refractivity (Wildman–Crippen MR) is 268 cm³/mol.